The molecular weight excluding hydrogens is 264 g/mol. The van der Waals surface area contributed by atoms with Crippen LogP contribution >= 0.6 is 0 Å². The van der Waals surface area contributed by atoms with Crippen LogP contribution in [0.4, 0.5) is 0 Å². The maximum Gasteiger partial charge on any atom is 0.307 e. The van der Waals surface area contributed by atoms with E-state index in [1.807, 2.05) is 13.0 Å². The number of esters is 1. The van der Waals surface area contributed by atoms with E-state index in [-0.39, 0.29) is 5.97 Å². The fourth-order valence-corrected chi connectivity index (χ4v) is 2.70. The topological polar surface area (TPSA) is 41.6 Å². The molecule has 1 fully saturated rings. The lowest BCUT2D eigenvalue weighted by Crippen LogP contribution is -2.42. The number of likely N-dealkylation sites (tertiary alicyclic amines) is 1. The third-order valence-corrected chi connectivity index (χ3v) is 3.96. The standard InChI is InChI=1S/C17H26N2O2/c1-2-21-17(20)10-13-19-11-8-16(9-12-19)18-14-15-6-4-3-5-7-15/h3-7,16,18H,2,8-14H2,1H3. The lowest BCUT2D eigenvalue weighted by molar-refractivity contribution is -0.143. The van der Waals surface area contributed by atoms with Gasteiger partial charge in [-0.05, 0) is 38.4 Å². The van der Waals surface area contributed by atoms with E-state index in [1.54, 1.807) is 0 Å². The number of piperidine rings is 1. The molecule has 21 heavy (non-hydrogen) atoms. The van der Waals surface area contributed by atoms with Crippen molar-refractivity contribution in [2.75, 3.05) is 26.2 Å². The van der Waals surface area contributed by atoms with Gasteiger partial charge in [-0.2, -0.15) is 0 Å². The Hall–Kier alpha value is -1.39. The summed E-state index contributed by atoms with van der Waals surface area (Å²) in [6.45, 7) is 6.21. The largest absolute Gasteiger partial charge is 0.466 e. The van der Waals surface area contributed by atoms with Gasteiger partial charge in [-0.3, -0.25) is 4.79 Å². The van der Waals surface area contributed by atoms with Crippen molar-refractivity contribution in [3.05, 3.63) is 35.9 Å². The molecule has 1 saturated heterocycles. The highest BCUT2D eigenvalue weighted by Crippen LogP contribution is 2.11. The number of ether oxygens (including phenoxy) is 1. The molecule has 1 heterocycles. The Morgan fingerprint density at radius 3 is 2.67 bits per heavy atom. The molecule has 4 nitrogen and oxygen atoms in total. The number of rotatable bonds is 7. The highest BCUT2D eigenvalue weighted by molar-refractivity contribution is 5.69. The highest BCUT2D eigenvalue weighted by Gasteiger charge is 2.19. The number of nitrogens with one attached hydrogen (secondary N) is 1. The summed E-state index contributed by atoms with van der Waals surface area (Å²) >= 11 is 0. The number of hydrogen-bond acceptors (Lipinski definition) is 4. The summed E-state index contributed by atoms with van der Waals surface area (Å²) in [6, 6.07) is 11.1. The molecular formula is C17H26N2O2. The summed E-state index contributed by atoms with van der Waals surface area (Å²) in [6.07, 6.45) is 2.81. The van der Waals surface area contributed by atoms with Gasteiger partial charge in [-0.15, -0.1) is 0 Å². The summed E-state index contributed by atoms with van der Waals surface area (Å²) in [5.41, 5.74) is 1.34. The van der Waals surface area contributed by atoms with Crippen LogP contribution in [0.1, 0.15) is 31.7 Å². The summed E-state index contributed by atoms with van der Waals surface area (Å²) in [7, 11) is 0. The van der Waals surface area contributed by atoms with E-state index in [1.165, 1.54) is 5.56 Å². The Morgan fingerprint density at radius 2 is 2.00 bits per heavy atom. The van der Waals surface area contributed by atoms with E-state index in [4.69, 9.17) is 4.74 Å². The molecule has 1 N–H and O–H groups in total. The van der Waals surface area contributed by atoms with Crippen LogP contribution in [0.2, 0.25) is 0 Å². The van der Waals surface area contributed by atoms with Crippen molar-refractivity contribution < 1.29 is 9.53 Å². The Labute approximate surface area is 127 Å². The van der Waals surface area contributed by atoms with E-state index >= 15 is 0 Å². The highest BCUT2D eigenvalue weighted by atomic mass is 16.5. The van der Waals surface area contributed by atoms with Crippen molar-refractivity contribution in [3.63, 3.8) is 0 Å². The van der Waals surface area contributed by atoms with E-state index in [0.717, 1.165) is 39.0 Å². The quantitative estimate of drug-likeness (QED) is 0.782. The fourth-order valence-electron chi connectivity index (χ4n) is 2.70. The second-order valence-corrected chi connectivity index (χ2v) is 5.54. The van der Waals surface area contributed by atoms with Gasteiger partial charge in [0, 0.05) is 19.1 Å². The van der Waals surface area contributed by atoms with Crippen LogP contribution in [0.5, 0.6) is 0 Å². The maximum absolute atomic E-state index is 11.3. The van der Waals surface area contributed by atoms with E-state index in [9.17, 15) is 4.79 Å². The molecule has 0 saturated carbocycles. The molecule has 0 atom stereocenters. The third kappa shape index (κ3) is 5.86. The molecule has 0 aliphatic carbocycles. The Morgan fingerprint density at radius 1 is 1.29 bits per heavy atom. The zero-order chi connectivity index (χ0) is 14.9. The minimum atomic E-state index is -0.0816. The van der Waals surface area contributed by atoms with Gasteiger partial charge in [-0.1, -0.05) is 30.3 Å². The van der Waals surface area contributed by atoms with Gasteiger partial charge in [0.15, 0.2) is 0 Å². The van der Waals surface area contributed by atoms with Crippen LogP contribution in [-0.4, -0.2) is 43.2 Å². The van der Waals surface area contributed by atoms with Gasteiger partial charge in [-0.25, -0.2) is 0 Å². The predicted octanol–water partition coefficient (Wildman–Crippen LogP) is 2.19. The zero-order valence-corrected chi connectivity index (χ0v) is 12.9. The summed E-state index contributed by atoms with van der Waals surface area (Å²) < 4.78 is 4.96. The van der Waals surface area contributed by atoms with Gasteiger partial charge in [0.2, 0.25) is 0 Å². The van der Waals surface area contributed by atoms with Gasteiger partial charge in [0.1, 0.15) is 0 Å². The van der Waals surface area contributed by atoms with Crippen LogP contribution in [0.15, 0.2) is 30.3 Å². The first-order chi connectivity index (χ1) is 10.3. The zero-order valence-electron chi connectivity index (χ0n) is 12.9. The molecule has 4 heteroatoms. The Kier molecular flexibility index (Phi) is 6.70. The molecule has 2 rings (SSSR count). The van der Waals surface area contributed by atoms with Gasteiger partial charge < -0.3 is 15.0 Å². The Bertz CT molecular complexity index is 414. The number of carbonyl (C=O) groups excluding carboxylic acids is 1. The van der Waals surface area contributed by atoms with E-state index in [0.29, 0.717) is 19.1 Å². The minimum absolute atomic E-state index is 0.0816. The first-order valence-electron chi connectivity index (χ1n) is 7.93. The molecule has 1 aromatic carbocycles. The number of carbonyl (C=O) groups is 1. The molecule has 0 radical (unpaired) electrons. The first kappa shape index (κ1) is 16.0. The number of benzene rings is 1. The molecule has 1 aliphatic heterocycles. The normalized spacial score (nSPS) is 16.8. The van der Waals surface area contributed by atoms with Crippen LogP contribution in [0.3, 0.4) is 0 Å². The second-order valence-electron chi connectivity index (χ2n) is 5.54. The summed E-state index contributed by atoms with van der Waals surface area (Å²) in [5, 5.41) is 3.63. The first-order valence-corrected chi connectivity index (χ1v) is 7.93. The van der Waals surface area contributed by atoms with Gasteiger partial charge >= 0.3 is 5.97 Å². The van der Waals surface area contributed by atoms with Crippen molar-refractivity contribution in [1.29, 1.82) is 0 Å². The predicted molar refractivity (Wildman–Crippen MR) is 84.0 cm³/mol. The van der Waals surface area contributed by atoms with Crippen molar-refractivity contribution in [2.24, 2.45) is 0 Å². The SMILES string of the molecule is CCOC(=O)CCN1CCC(NCc2ccccc2)CC1. The summed E-state index contributed by atoms with van der Waals surface area (Å²) in [5.74, 6) is -0.0816. The van der Waals surface area contributed by atoms with Crippen LogP contribution in [-0.2, 0) is 16.1 Å². The fraction of sp³-hybridized carbons (Fsp3) is 0.588. The monoisotopic (exact) mass is 290 g/mol. The minimum Gasteiger partial charge on any atom is -0.466 e. The van der Waals surface area contributed by atoms with E-state index in [2.05, 4.69) is 34.5 Å². The molecule has 0 amide bonds. The van der Waals surface area contributed by atoms with E-state index < -0.39 is 0 Å². The molecule has 1 aromatic rings. The molecule has 0 aromatic heterocycles. The number of hydrogen-bond donors (Lipinski definition) is 1. The summed E-state index contributed by atoms with van der Waals surface area (Å²) in [4.78, 5) is 13.7. The number of nitrogens with zero attached hydrogens (tertiary/aromatic N) is 1. The van der Waals surface area contributed by atoms with Gasteiger partial charge in [0.25, 0.3) is 0 Å². The Balaban J connectivity index is 1.61. The van der Waals surface area contributed by atoms with Crippen molar-refractivity contribution >= 4 is 5.97 Å². The van der Waals surface area contributed by atoms with Crippen LogP contribution in [0.25, 0.3) is 0 Å². The lowest BCUT2D eigenvalue weighted by Gasteiger charge is -2.32. The molecule has 0 unspecified atom stereocenters. The van der Waals surface area contributed by atoms with Crippen molar-refractivity contribution in [3.8, 4) is 0 Å². The lowest BCUT2D eigenvalue weighted by atomic mass is 10.0. The average Bonchev–Trinajstić information content (AvgIpc) is 2.53. The molecule has 1 aliphatic rings. The second kappa shape index (κ2) is 8.80. The van der Waals surface area contributed by atoms with Crippen molar-refractivity contribution in [1.82, 2.24) is 10.2 Å². The molecule has 116 valence electrons. The smallest absolute Gasteiger partial charge is 0.307 e. The van der Waals surface area contributed by atoms with Gasteiger partial charge in [0.05, 0.1) is 13.0 Å². The third-order valence-electron chi connectivity index (χ3n) is 3.96. The van der Waals surface area contributed by atoms with Crippen LogP contribution in [0, 0.1) is 0 Å². The van der Waals surface area contributed by atoms with Crippen molar-refractivity contribution in [2.45, 2.75) is 38.8 Å². The maximum atomic E-state index is 11.3. The van der Waals surface area contributed by atoms with Crippen LogP contribution < -0.4 is 5.32 Å². The average molecular weight is 290 g/mol. The molecule has 0 spiro atoms. The molecule has 0 bridgehead atoms.